The molecule has 2 rings (SSSR count). The van der Waals surface area contributed by atoms with Crippen LogP contribution in [-0.2, 0) is 11.3 Å². The van der Waals surface area contributed by atoms with Gasteiger partial charge in [0.05, 0.1) is 12.8 Å². The van der Waals surface area contributed by atoms with E-state index in [9.17, 15) is 4.79 Å². The van der Waals surface area contributed by atoms with E-state index in [1.807, 2.05) is 17.0 Å². The van der Waals surface area contributed by atoms with Gasteiger partial charge in [0, 0.05) is 12.5 Å². The van der Waals surface area contributed by atoms with Gasteiger partial charge < -0.3 is 9.32 Å². The first kappa shape index (κ1) is 10.6. The van der Waals surface area contributed by atoms with Gasteiger partial charge in [-0.15, -0.1) is 0 Å². The molecule has 0 N–H and O–H groups in total. The summed E-state index contributed by atoms with van der Waals surface area (Å²) in [7, 11) is 0. The summed E-state index contributed by atoms with van der Waals surface area (Å²) < 4.78 is 5.26. The van der Waals surface area contributed by atoms with Crippen molar-refractivity contribution in [1.29, 1.82) is 0 Å². The second-order valence-corrected chi connectivity index (χ2v) is 4.25. The number of rotatable bonds is 5. The van der Waals surface area contributed by atoms with Crippen molar-refractivity contribution in [3.05, 3.63) is 24.2 Å². The van der Waals surface area contributed by atoms with Crippen LogP contribution in [0.4, 0.5) is 0 Å². The molecule has 0 aliphatic heterocycles. The number of furan rings is 1. The molecule has 0 spiro atoms. The summed E-state index contributed by atoms with van der Waals surface area (Å²) in [5.41, 5.74) is 0. The SMILES string of the molecule is O=C(CCS)N(Cc1ccco1)C1CC1. The lowest BCUT2D eigenvalue weighted by Gasteiger charge is -2.20. The summed E-state index contributed by atoms with van der Waals surface area (Å²) in [5.74, 6) is 1.65. The molecule has 4 heteroatoms. The van der Waals surface area contributed by atoms with E-state index in [4.69, 9.17) is 4.42 Å². The molecule has 0 saturated heterocycles. The van der Waals surface area contributed by atoms with Crippen LogP contribution in [0.15, 0.2) is 22.8 Å². The minimum absolute atomic E-state index is 0.184. The third-order valence-electron chi connectivity index (χ3n) is 2.54. The number of thiol groups is 1. The molecule has 0 atom stereocenters. The topological polar surface area (TPSA) is 33.5 Å². The van der Waals surface area contributed by atoms with Gasteiger partial charge in [-0.3, -0.25) is 4.79 Å². The van der Waals surface area contributed by atoms with Crippen molar-refractivity contribution in [2.24, 2.45) is 0 Å². The molecule has 0 radical (unpaired) electrons. The van der Waals surface area contributed by atoms with E-state index in [0.717, 1.165) is 18.6 Å². The van der Waals surface area contributed by atoms with Crippen LogP contribution in [0.5, 0.6) is 0 Å². The minimum Gasteiger partial charge on any atom is -0.467 e. The van der Waals surface area contributed by atoms with Crippen molar-refractivity contribution in [3.8, 4) is 0 Å². The summed E-state index contributed by atoms with van der Waals surface area (Å²) in [4.78, 5) is 13.7. The van der Waals surface area contributed by atoms with Gasteiger partial charge in [-0.05, 0) is 30.7 Å². The Labute approximate surface area is 94.9 Å². The van der Waals surface area contributed by atoms with Crippen molar-refractivity contribution >= 4 is 18.5 Å². The van der Waals surface area contributed by atoms with Crippen molar-refractivity contribution < 1.29 is 9.21 Å². The molecule has 0 unspecified atom stereocenters. The van der Waals surface area contributed by atoms with Gasteiger partial charge in [-0.1, -0.05) is 0 Å². The molecule has 15 heavy (non-hydrogen) atoms. The first-order valence-corrected chi connectivity index (χ1v) is 5.87. The highest BCUT2D eigenvalue weighted by Crippen LogP contribution is 2.29. The molecule has 1 heterocycles. The predicted molar refractivity (Wildman–Crippen MR) is 60.8 cm³/mol. The molecular formula is C11H15NO2S. The van der Waals surface area contributed by atoms with Crippen LogP contribution in [0.1, 0.15) is 25.0 Å². The summed E-state index contributed by atoms with van der Waals surface area (Å²) in [6.07, 6.45) is 4.40. The third kappa shape index (κ3) is 2.78. The quantitative estimate of drug-likeness (QED) is 0.778. The molecule has 3 nitrogen and oxygen atoms in total. The highest BCUT2D eigenvalue weighted by molar-refractivity contribution is 7.80. The van der Waals surface area contributed by atoms with E-state index < -0.39 is 0 Å². The zero-order chi connectivity index (χ0) is 10.7. The van der Waals surface area contributed by atoms with Gasteiger partial charge in [0.25, 0.3) is 0 Å². The van der Waals surface area contributed by atoms with Crippen molar-refractivity contribution in [2.45, 2.75) is 31.8 Å². The number of amides is 1. The average molecular weight is 225 g/mol. The molecule has 1 aromatic heterocycles. The van der Waals surface area contributed by atoms with E-state index in [1.54, 1.807) is 6.26 Å². The van der Waals surface area contributed by atoms with Crippen LogP contribution in [0.2, 0.25) is 0 Å². The fourth-order valence-electron chi connectivity index (χ4n) is 1.62. The van der Waals surface area contributed by atoms with Crippen LogP contribution in [0.25, 0.3) is 0 Å². The maximum absolute atomic E-state index is 11.8. The Morgan fingerprint density at radius 1 is 1.60 bits per heavy atom. The molecule has 1 aromatic rings. The smallest absolute Gasteiger partial charge is 0.224 e. The number of carbonyl (C=O) groups is 1. The zero-order valence-corrected chi connectivity index (χ0v) is 9.45. The lowest BCUT2D eigenvalue weighted by Crippen LogP contribution is -2.32. The monoisotopic (exact) mass is 225 g/mol. The molecule has 82 valence electrons. The van der Waals surface area contributed by atoms with Gasteiger partial charge >= 0.3 is 0 Å². The Morgan fingerprint density at radius 3 is 2.93 bits per heavy atom. The first-order chi connectivity index (χ1) is 7.31. The predicted octanol–water partition coefficient (Wildman–Crippen LogP) is 2.09. The second kappa shape index (κ2) is 4.75. The number of carbonyl (C=O) groups excluding carboxylic acids is 1. The summed E-state index contributed by atoms with van der Waals surface area (Å²) >= 11 is 4.09. The molecule has 1 fully saturated rings. The Bertz CT molecular complexity index is 319. The molecule has 1 saturated carbocycles. The maximum atomic E-state index is 11.8. The minimum atomic E-state index is 0.184. The summed E-state index contributed by atoms with van der Waals surface area (Å²) in [6, 6.07) is 4.19. The van der Waals surface area contributed by atoms with Crippen LogP contribution in [0.3, 0.4) is 0 Å². The molecular weight excluding hydrogens is 210 g/mol. The van der Waals surface area contributed by atoms with Crippen LogP contribution < -0.4 is 0 Å². The van der Waals surface area contributed by atoms with E-state index >= 15 is 0 Å². The fourth-order valence-corrected chi connectivity index (χ4v) is 1.81. The molecule has 0 bridgehead atoms. The maximum Gasteiger partial charge on any atom is 0.224 e. The van der Waals surface area contributed by atoms with Gasteiger partial charge in [0.1, 0.15) is 5.76 Å². The van der Waals surface area contributed by atoms with Crippen LogP contribution >= 0.6 is 12.6 Å². The van der Waals surface area contributed by atoms with Crippen LogP contribution in [-0.4, -0.2) is 22.6 Å². The number of hydrogen-bond acceptors (Lipinski definition) is 3. The number of hydrogen-bond donors (Lipinski definition) is 1. The zero-order valence-electron chi connectivity index (χ0n) is 8.56. The lowest BCUT2D eigenvalue weighted by atomic mass is 10.3. The third-order valence-corrected chi connectivity index (χ3v) is 2.76. The van der Waals surface area contributed by atoms with Gasteiger partial charge in [-0.2, -0.15) is 12.6 Å². The Balaban J connectivity index is 1.97. The largest absolute Gasteiger partial charge is 0.467 e. The first-order valence-electron chi connectivity index (χ1n) is 5.24. The Kier molecular flexibility index (Phi) is 3.36. The second-order valence-electron chi connectivity index (χ2n) is 3.81. The Morgan fingerprint density at radius 2 is 2.40 bits per heavy atom. The Hall–Kier alpha value is -0.900. The normalized spacial score (nSPS) is 15.3. The summed E-state index contributed by atoms with van der Waals surface area (Å²) in [6.45, 7) is 0.601. The van der Waals surface area contributed by atoms with E-state index in [-0.39, 0.29) is 5.91 Å². The van der Waals surface area contributed by atoms with E-state index in [2.05, 4.69) is 12.6 Å². The average Bonchev–Trinajstić information content (AvgIpc) is 2.93. The van der Waals surface area contributed by atoms with E-state index in [0.29, 0.717) is 24.8 Å². The lowest BCUT2D eigenvalue weighted by molar-refractivity contribution is -0.132. The van der Waals surface area contributed by atoms with Crippen molar-refractivity contribution in [3.63, 3.8) is 0 Å². The van der Waals surface area contributed by atoms with Crippen LogP contribution in [0, 0.1) is 0 Å². The van der Waals surface area contributed by atoms with Crippen molar-refractivity contribution in [1.82, 2.24) is 4.90 Å². The molecule has 1 amide bonds. The summed E-state index contributed by atoms with van der Waals surface area (Å²) in [5, 5.41) is 0. The fraction of sp³-hybridized carbons (Fsp3) is 0.545. The number of nitrogens with zero attached hydrogens (tertiary/aromatic N) is 1. The van der Waals surface area contributed by atoms with Crippen molar-refractivity contribution in [2.75, 3.05) is 5.75 Å². The standard InChI is InChI=1S/C11H15NO2S/c13-11(5-7-15)12(9-3-4-9)8-10-2-1-6-14-10/h1-2,6,9,15H,3-5,7-8H2. The van der Waals surface area contributed by atoms with E-state index in [1.165, 1.54) is 0 Å². The highest BCUT2D eigenvalue weighted by Gasteiger charge is 2.32. The molecule has 1 aliphatic rings. The highest BCUT2D eigenvalue weighted by atomic mass is 32.1. The van der Waals surface area contributed by atoms with Gasteiger partial charge in [-0.25, -0.2) is 0 Å². The molecule has 0 aromatic carbocycles. The van der Waals surface area contributed by atoms with Gasteiger partial charge in [0.2, 0.25) is 5.91 Å². The van der Waals surface area contributed by atoms with Gasteiger partial charge in [0.15, 0.2) is 0 Å². The molecule has 1 aliphatic carbocycles.